The number of anilines is 1. The Bertz CT molecular complexity index is 882. The molecule has 25 heavy (non-hydrogen) atoms. The normalized spacial score (nSPS) is 16.9. The lowest BCUT2D eigenvalue weighted by molar-refractivity contribution is -0.113. The third-order valence-electron chi connectivity index (χ3n) is 3.82. The SMILES string of the molecule is CC1=C(C(=O)Nc2ccccc2Cl)[C@@H](c2cccc(Cl)c2)NC(=S)N1. The van der Waals surface area contributed by atoms with Crippen LogP contribution in [0.5, 0.6) is 0 Å². The van der Waals surface area contributed by atoms with Crippen LogP contribution in [0.1, 0.15) is 18.5 Å². The molecule has 1 aliphatic heterocycles. The molecule has 0 saturated heterocycles. The van der Waals surface area contributed by atoms with Gasteiger partial charge in [-0.2, -0.15) is 0 Å². The van der Waals surface area contributed by atoms with Crippen LogP contribution < -0.4 is 16.0 Å². The fourth-order valence-corrected chi connectivity index (χ4v) is 3.34. The zero-order valence-electron chi connectivity index (χ0n) is 13.3. The van der Waals surface area contributed by atoms with Crippen LogP contribution in [0.3, 0.4) is 0 Å². The molecular formula is C18H15Cl2N3OS. The first-order valence-electron chi connectivity index (χ1n) is 7.55. The quantitative estimate of drug-likeness (QED) is 0.677. The summed E-state index contributed by atoms with van der Waals surface area (Å²) in [6, 6.07) is 14.0. The fraction of sp³-hybridized carbons (Fsp3) is 0.111. The van der Waals surface area contributed by atoms with E-state index in [9.17, 15) is 4.79 Å². The Kier molecular flexibility index (Phi) is 5.27. The van der Waals surface area contributed by atoms with Gasteiger partial charge in [0.05, 0.1) is 22.3 Å². The molecule has 0 spiro atoms. The molecule has 0 fully saturated rings. The van der Waals surface area contributed by atoms with Crippen molar-refractivity contribution in [2.24, 2.45) is 0 Å². The maximum atomic E-state index is 12.9. The summed E-state index contributed by atoms with van der Waals surface area (Å²) in [5, 5.41) is 10.5. The van der Waals surface area contributed by atoms with Crippen molar-refractivity contribution in [2.45, 2.75) is 13.0 Å². The topological polar surface area (TPSA) is 53.2 Å². The van der Waals surface area contributed by atoms with Gasteiger partial charge < -0.3 is 16.0 Å². The summed E-state index contributed by atoms with van der Waals surface area (Å²) in [5.41, 5.74) is 2.60. The molecule has 3 rings (SSSR count). The molecule has 0 bridgehead atoms. The molecule has 1 heterocycles. The zero-order chi connectivity index (χ0) is 18.0. The van der Waals surface area contributed by atoms with Crippen LogP contribution >= 0.6 is 35.4 Å². The number of hydrogen-bond acceptors (Lipinski definition) is 2. The van der Waals surface area contributed by atoms with E-state index in [0.717, 1.165) is 5.56 Å². The molecule has 2 aromatic rings. The second-order valence-electron chi connectivity index (χ2n) is 5.56. The van der Waals surface area contributed by atoms with Crippen LogP contribution in [0, 0.1) is 0 Å². The van der Waals surface area contributed by atoms with E-state index in [2.05, 4.69) is 16.0 Å². The van der Waals surface area contributed by atoms with Crippen molar-refractivity contribution in [2.75, 3.05) is 5.32 Å². The zero-order valence-corrected chi connectivity index (χ0v) is 15.6. The number of nitrogens with one attached hydrogen (secondary N) is 3. The number of rotatable bonds is 3. The van der Waals surface area contributed by atoms with E-state index in [-0.39, 0.29) is 5.91 Å². The van der Waals surface area contributed by atoms with Crippen molar-refractivity contribution in [3.05, 3.63) is 75.4 Å². The highest BCUT2D eigenvalue weighted by molar-refractivity contribution is 7.80. The Balaban J connectivity index is 1.97. The van der Waals surface area contributed by atoms with Gasteiger partial charge in [-0.25, -0.2) is 0 Å². The second kappa shape index (κ2) is 7.44. The van der Waals surface area contributed by atoms with Crippen molar-refractivity contribution < 1.29 is 4.79 Å². The monoisotopic (exact) mass is 391 g/mol. The molecule has 1 atom stereocenters. The number of carbonyl (C=O) groups excluding carboxylic acids is 1. The van der Waals surface area contributed by atoms with Crippen LogP contribution in [0.2, 0.25) is 10.0 Å². The van der Waals surface area contributed by atoms with Gasteiger partial charge in [-0.3, -0.25) is 4.79 Å². The number of para-hydroxylation sites is 1. The average Bonchev–Trinajstić information content (AvgIpc) is 2.56. The van der Waals surface area contributed by atoms with Crippen molar-refractivity contribution in [1.82, 2.24) is 10.6 Å². The predicted octanol–water partition coefficient (Wildman–Crippen LogP) is 4.42. The Morgan fingerprint density at radius 2 is 1.92 bits per heavy atom. The molecule has 2 aromatic carbocycles. The molecule has 1 amide bonds. The first kappa shape index (κ1) is 17.7. The summed E-state index contributed by atoms with van der Waals surface area (Å²) in [6.45, 7) is 1.81. The molecule has 0 saturated carbocycles. The second-order valence-corrected chi connectivity index (χ2v) is 6.81. The van der Waals surface area contributed by atoms with E-state index in [4.69, 9.17) is 35.4 Å². The highest BCUT2D eigenvalue weighted by Gasteiger charge is 2.30. The van der Waals surface area contributed by atoms with Gasteiger partial charge in [-0.15, -0.1) is 0 Å². The summed E-state index contributed by atoms with van der Waals surface area (Å²) in [6.07, 6.45) is 0. The minimum atomic E-state index is -0.407. The van der Waals surface area contributed by atoms with Crippen LogP contribution in [0.4, 0.5) is 5.69 Å². The molecule has 1 aliphatic rings. The third-order valence-corrected chi connectivity index (χ3v) is 4.60. The predicted molar refractivity (Wildman–Crippen MR) is 106 cm³/mol. The van der Waals surface area contributed by atoms with E-state index in [1.807, 2.05) is 31.2 Å². The Hall–Kier alpha value is -2.08. The van der Waals surface area contributed by atoms with Gasteiger partial charge in [0, 0.05) is 10.7 Å². The van der Waals surface area contributed by atoms with Gasteiger partial charge in [0.2, 0.25) is 0 Å². The molecule has 0 radical (unpaired) electrons. The van der Waals surface area contributed by atoms with E-state index in [0.29, 0.717) is 32.1 Å². The van der Waals surface area contributed by atoms with Crippen LogP contribution in [0.15, 0.2) is 59.8 Å². The van der Waals surface area contributed by atoms with Gasteiger partial charge in [0.1, 0.15) is 0 Å². The fourth-order valence-electron chi connectivity index (χ4n) is 2.68. The molecule has 4 nitrogen and oxygen atoms in total. The summed E-state index contributed by atoms with van der Waals surface area (Å²) in [7, 11) is 0. The summed E-state index contributed by atoms with van der Waals surface area (Å²) >= 11 is 17.5. The first-order valence-corrected chi connectivity index (χ1v) is 8.72. The van der Waals surface area contributed by atoms with Crippen LogP contribution in [0.25, 0.3) is 0 Å². The number of halogens is 2. The highest BCUT2D eigenvalue weighted by Crippen LogP contribution is 2.30. The van der Waals surface area contributed by atoms with Crippen molar-refractivity contribution >= 4 is 52.1 Å². The van der Waals surface area contributed by atoms with Gasteiger partial charge in [0.25, 0.3) is 5.91 Å². The molecular weight excluding hydrogens is 377 g/mol. The van der Waals surface area contributed by atoms with Gasteiger partial charge in [-0.1, -0.05) is 47.5 Å². The summed E-state index contributed by atoms with van der Waals surface area (Å²) in [4.78, 5) is 12.9. The molecule has 0 aromatic heterocycles. The Labute approximate surface area is 161 Å². The van der Waals surface area contributed by atoms with E-state index in [1.54, 1.807) is 24.3 Å². The maximum Gasteiger partial charge on any atom is 0.255 e. The van der Waals surface area contributed by atoms with E-state index >= 15 is 0 Å². The van der Waals surface area contributed by atoms with E-state index < -0.39 is 6.04 Å². The number of allylic oxidation sites excluding steroid dienone is 1. The van der Waals surface area contributed by atoms with Gasteiger partial charge >= 0.3 is 0 Å². The lowest BCUT2D eigenvalue weighted by Crippen LogP contribution is -2.45. The number of amides is 1. The number of hydrogen-bond donors (Lipinski definition) is 3. The number of carbonyl (C=O) groups is 1. The van der Waals surface area contributed by atoms with E-state index in [1.165, 1.54) is 0 Å². The van der Waals surface area contributed by atoms with Gasteiger partial charge in [0.15, 0.2) is 5.11 Å². The summed E-state index contributed by atoms with van der Waals surface area (Å²) in [5.74, 6) is -0.266. The molecule has 0 aliphatic carbocycles. The standard InChI is InChI=1S/C18H15Cl2N3OS/c1-10-15(17(24)22-14-8-3-2-7-13(14)20)16(23-18(25)21-10)11-5-4-6-12(19)9-11/h2-9,16H,1H3,(H,22,24)(H2,21,23,25)/t16-/m1/s1. The average molecular weight is 392 g/mol. The largest absolute Gasteiger partial charge is 0.351 e. The smallest absolute Gasteiger partial charge is 0.255 e. The minimum Gasteiger partial charge on any atom is -0.351 e. The van der Waals surface area contributed by atoms with Crippen molar-refractivity contribution in [3.8, 4) is 0 Å². The third kappa shape index (κ3) is 3.95. The molecule has 128 valence electrons. The number of benzene rings is 2. The lowest BCUT2D eigenvalue weighted by atomic mass is 9.95. The van der Waals surface area contributed by atoms with Crippen LogP contribution in [-0.2, 0) is 4.79 Å². The minimum absolute atomic E-state index is 0.266. The molecule has 0 unspecified atom stereocenters. The van der Waals surface area contributed by atoms with Crippen molar-refractivity contribution in [1.29, 1.82) is 0 Å². The highest BCUT2D eigenvalue weighted by atomic mass is 35.5. The molecule has 7 heteroatoms. The van der Waals surface area contributed by atoms with Gasteiger partial charge in [-0.05, 0) is 49.0 Å². The first-order chi connectivity index (χ1) is 12.0. The number of thiocarbonyl (C=S) groups is 1. The Morgan fingerprint density at radius 3 is 2.64 bits per heavy atom. The molecule has 3 N–H and O–H groups in total. The van der Waals surface area contributed by atoms with Crippen molar-refractivity contribution in [3.63, 3.8) is 0 Å². The summed E-state index contributed by atoms with van der Waals surface area (Å²) < 4.78 is 0. The lowest BCUT2D eigenvalue weighted by Gasteiger charge is -2.30. The maximum absolute atomic E-state index is 12.9. The van der Waals surface area contributed by atoms with Crippen LogP contribution in [-0.4, -0.2) is 11.0 Å². The Morgan fingerprint density at radius 1 is 1.16 bits per heavy atom.